The fourth-order valence-corrected chi connectivity index (χ4v) is 4.01. The molecule has 2 N–H and O–H groups in total. The second kappa shape index (κ2) is 8.58. The Morgan fingerprint density at radius 1 is 1.03 bits per heavy atom. The smallest absolute Gasteiger partial charge is 0.291 e. The summed E-state index contributed by atoms with van der Waals surface area (Å²) in [6.45, 7) is 0. The predicted molar refractivity (Wildman–Crippen MR) is 134 cm³/mol. The highest BCUT2D eigenvalue weighted by molar-refractivity contribution is 6.33. The highest BCUT2D eigenvalue weighted by Gasteiger charge is 2.14. The van der Waals surface area contributed by atoms with Gasteiger partial charge in [-0.3, -0.25) is 4.79 Å². The van der Waals surface area contributed by atoms with Crippen LogP contribution in [0.2, 0.25) is 5.02 Å². The van der Waals surface area contributed by atoms with Crippen LogP contribution in [-0.2, 0) is 0 Å². The average Bonchev–Trinajstić information content (AvgIpc) is 3.67. The number of hydrogen-bond acceptors (Lipinski definition) is 5. The number of furan rings is 1. The van der Waals surface area contributed by atoms with E-state index in [-0.39, 0.29) is 11.7 Å². The zero-order valence-electron chi connectivity index (χ0n) is 18.1. The number of rotatable bonds is 5. The first kappa shape index (κ1) is 20.9. The van der Waals surface area contributed by atoms with Crippen LogP contribution in [0.25, 0.3) is 39.4 Å². The number of aromatic nitrogens is 5. The highest BCUT2D eigenvalue weighted by atomic mass is 35.5. The van der Waals surface area contributed by atoms with Gasteiger partial charge in [0.05, 0.1) is 22.5 Å². The monoisotopic (exact) mass is 480 g/mol. The number of halogens is 1. The molecular weight excluding hydrogens is 464 g/mol. The minimum Gasteiger partial charge on any atom is -0.459 e. The van der Waals surface area contributed by atoms with Crippen molar-refractivity contribution in [2.24, 2.45) is 0 Å². The Balaban J connectivity index is 1.30. The first-order valence-corrected chi connectivity index (χ1v) is 11.1. The number of carbonyl (C=O) groups excluding carboxylic acids is 1. The second-order valence-electron chi connectivity index (χ2n) is 7.80. The van der Waals surface area contributed by atoms with E-state index >= 15 is 0 Å². The van der Waals surface area contributed by atoms with E-state index in [9.17, 15) is 4.79 Å². The summed E-state index contributed by atoms with van der Waals surface area (Å²) in [4.78, 5) is 24.8. The number of imidazole rings is 1. The van der Waals surface area contributed by atoms with Crippen LogP contribution in [0.5, 0.6) is 0 Å². The van der Waals surface area contributed by atoms with Crippen LogP contribution in [0.15, 0.2) is 96.0 Å². The number of nitrogens with zero attached hydrogens (tertiary/aromatic N) is 4. The number of benzene rings is 2. The molecule has 8 nitrogen and oxygen atoms in total. The van der Waals surface area contributed by atoms with Crippen LogP contribution in [-0.4, -0.2) is 30.6 Å². The molecule has 6 rings (SSSR count). The van der Waals surface area contributed by atoms with Gasteiger partial charge in [0, 0.05) is 35.4 Å². The lowest BCUT2D eigenvalue weighted by Gasteiger charge is -2.07. The van der Waals surface area contributed by atoms with Gasteiger partial charge in [0.2, 0.25) is 0 Å². The number of H-pyrrole nitrogens is 1. The van der Waals surface area contributed by atoms with Gasteiger partial charge in [-0.1, -0.05) is 23.7 Å². The summed E-state index contributed by atoms with van der Waals surface area (Å²) in [5, 5.41) is 7.56. The van der Waals surface area contributed by atoms with Crippen molar-refractivity contribution in [3.8, 4) is 28.2 Å². The van der Waals surface area contributed by atoms with Gasteiger partial charge < -0.3 is 14.7 Å². The van der Waals surface area contributed by atoms with Gasteiger partial charge in [-0.05, 0) is 60.2 Å². The molecule has 2 aromatic carbocycles. The van der Waals surface area contributed by atoms with E-state index in [2.05, 4.69) is 25.4 Å². The zero-order chi connectivity index (χ0) is 23.8. The van der Waals surface area contributed by atoms with E-state index in [0.29, 0.717) is 27.7 Å². The van der Waals surface area contributed by atoms with Gasteiger partial charge in [0.25, 0.3) is 5.91 Å². The van der Waals surface area contributed by atoms with E-state index in [1.165, 1.54) is 6.26 Å². The Labute approximate surface area is 204 Å². The lowest BCUT2D eigenvalue weighted by atomic mass is 10.1. The lowest BCUT2D eigenvalue weighted by molar-refractivity contribution is 0.0996. The fraction of sp³-hybridized carbons (Fsp3) is 0. The van der Waals surface area contributed by atoms with Gasteiger partial charge in [0.1, 0.15) is 5.82 Å². The maximum absolute atomic E-state index is 12.3. The summed E-state index contributed by atoms with van der Waals surface area (Å²) in [6.07, 6.45) is 6.89. The summed E-state index contributed by atoms with van der Waals surface area (Å²) in [7, 11) is 0. The zero-order valence-corrected chi connectivity index (χ0v) is 18.9. The minimum absolute atomic E-state index is 0.222. The molecule has 170 valence electrons. The molecule has 0 aliphatic carbocycles. The maximum atomic E-state index is 12.3. The van der Waals surface area contributed by atoms with Gasteiger partial charge in [-0.2, -0.15) is 5.10 Å². The molecule has 0 aliphatic rings. The average molecular weight is 481 g/mol. The molecule has 0 radical (unpaired) electrons. The minimum atomic E-state index is -0.349. The van der Waals surface area contributed by atoms with Crippen LogP contribution in [0.4, 0.5) is 5.69 Å². The largest absolute Gasteiger partial charge is 0.459 e. The molecule has 35 heavy (non-hydrogen) atoms. The summed E-state index contributed by atoms with van der Waals surface area (Å²) >= 11 is 6.46. The van der Waals surface area contributed by atoms with E-state index in [1.807, 2.05) is 42.6 Å². The summed E-state index contributed by atoms with van der Waals surface area (Å²) in [5.41, 5.74) is 5.50. The van der Waals surface area contributed by atoms with Gasteiger partial charge >= 0.3 is 0 Å². The number of pyridine rings is 1. The Hall–Kier alpha value is -4.69. The van der Waals surface area contributed by atoms with E-state index in [1.54, 1.807) is 47.4 Å². The molecule has 0 saturated heterocycles. The number of amides is 1. The van der Waals surface area contributed by atoms with Crippen molar-refractivity contribution in [2.45, 2.75) is 0 Å². The van der Waals surface area contributed by atoms with E-state index in [4.69, 9.17) is 16.0 Å². The Morgan fingerprint density at radius 3 is 2.69 bits per heavy atom. The maximum Gasteiger partial charge on any atom is 0.291 e. The molecular formula is C26H17ClN6O2. The molecule has 1 amide bonds. The molecule has 0 bridgehead atoms. The summed E-state index contributed by atoms with van der Waals surface area (Å²) in [6, 6.07) is 20.4. The molecule has 4 heterocycles. The molecule has 0 saturated carbocycles. The second-order valence-corrected chi connectivity index (χ2v) is 8.21. The van der Waals surface area contributed by atoms with Crippen LogP contribution in [0.1, 0.15) is 10.6 Å². The number of carbonyl (C=O) groups is 1. The van der Waals surface area contributed by atoms with Crippen LogP contribution in [0.3, 0.4) is 0 Å². The number of anilines is 1. The molecule has 6 aromatic rings. The van der Waals surface area contributed by atoms with E-state index < -0.39 is 0 Å². The predicted octanol–water partition coefficient (Wildman–Crippen LogP) is 5.98. The Bertz CT molecular complexity index is 1640. The standard InChI is InChI=1S/C26H17ClN6O2/c27-21-9-6-18(30-26(34)23-3-1-12-35-23)14-20(21)24-31-22-13-17(15-28-25(22)32-24)16-4-7-19(8-5-16)33-11-2-10-29-33/h1-15H,(H,30,34)(H,28,31,32). The molecule has 0 atom stereocenters. The van der Waals surface area contributed by atoms with Crippen molar-refractivity contribution in [1.29, 1.82) is 0 Å². The molecule has 0 unspecified atom stereocenters. The third kappa shape index (κ3) is 4.07. The van der Waals surface area contributed by atoms with Crippen LogP contribution < -0.4 is 5.32 Å². The molecule has 4 aromatic heterocycles. The number of nitrogens with one attached hydrogen (secondary N) is 2. The first-order chi connectivity index (χ1) is 17.1. The SMILES string of the molecule is O=C(Nc1ccc(Cl)c(-c2nc3ncc(-c4ccc(-n5cccn5)cc4)cc3[nH]2)c1)c1ccco1. The number of fused-ring (bicyclic) bond motifs is 1. The summed E-state index contributed by atoms with van der Waals surface area (Å²) < 4.78 is 6.96. The molecule has 9 heteroatoms. The van der Waals surface area contributed by atoms with Gasteiger partial charge in [-0.25, -0.2) is 14.6 Å². The van der Waals surface area contributed by atoms with Crippen molar-refractivity contribution < 1.29 is 9.21 Å². The topological polar surface area (TPSA) is 102 Å². The van der Waals surface area contributed by atoms with Crippen molar-refractivity contribution in [1.82, 2.24) is 24.7 Å². The Morgan fingerprint density at radius 2 is 1.91 bits per heavy atom. The molecule has 0 fully saturated rings. The normalized spacial score (nSPS) is 11.1. The number of hydrogen-bond donors (Lipinski definition) is 2. The van der Waals surface area contributed by atoms with Gasteiger partial charge in [0.15, 0.2) is 11.4 Å². The number of aromatic amines is 1. The third-order valence-electron chi connectivity index (χ3n) is 5.53. The van der Waals surface area contributed by atoms with E-state index in [0.717, 1.165) is 22.3 Å². The van der Waals surface area contributed by atoms with Crippen LogP contribution in [0, 0.1) is 0 Å². The van der Waals surface area contributed by atoms with Crippen molar-refractivity contribution in [3.05, 3.63) is 102 Å². The van der Waals surface area contributed by atoms with Crippen LogP contribution >= 0.6 is 11.6 Å². The fourth-order valence-electron chi connectivity index (χ4n) is 3.80. The highest BCUT2D eigenvalue weighted by Crippen LogP contribution is 2.31. The molecule has 0 aliphatic heterocycles. The van der Waals surface area contributed by atoms with Gasteiger partial charge in [-0.15, -0.1) is 0 Å². The first-order valence-electron chi connectivity index (χ1n) is 10.7. The third-order valence-corrected chi connectivity index (χ3v) is 5.86. The molecule has 0 spiro atoms. The van der Waals surface area contributed by atoms with Crippen molar-refractivity contribution >= 4 is 34.4 Å². The van der Waals surface area contributed by atoms with Crippen molar-refractivity contribution in [2.75, 3.05) is 5.32 Å². The summed E-state index contributed by atoms with van der Waals surface area (Å²) in [5.74, 6) is 0.426. The van der Waals surface area contributed by atoms with Crippen molar-refractivity contribution in [3.63, 3.8) is 0 Å². The quantitative estimate of drug-likeness (QED) is 0.316. The Kier molecular flexibility index (Phi) is 5.12. The lowest BCUT2D eigenvalue weighted by Crippen LogP contribution is -2.10.